The Hall–Kier alpha value is -3.42. The largest absolute Gasteiger partial charge is 0.489 e. The number of benzene rings is 2. The molecular weight excluding hydrogens is 358 g/mol. The van der Waals surface area contributed by atoms with E-state index in [-0.39, 0.29) is 18.1 Å². The first-order valence-electron chi connectivity index (χ1n) is 7.99. The van der Waals surface area contributed by atoms with Crippen LogP contribution >= 0.6 is 0 Å². The van der Waals surface area contributed by atoms with Crippen LogP contribution in [0.5, 0.6) is 11.5 Å². The molecule has 0 radical (unpaired) electrons. The molecule has 0 spiro atoms. The summed E-state index contributed by atoms with van der Waals surface area (Å²) in [6.45, 7) is -1.05. The second-order valence-electron chi connectivity index (χ2n) is 5.66. The molecule has 0 aliphatic heterocycles. The summed E-state index contributed by atoms with van der Waals surface area (Å²) in [6.07, 6.45) is 1.54. The Bertz CT molecular complexity index is 939. The van der Waals surface area contributed by atoms with Gasteiger partial charge in [-0.2, -0.15) is 13.9 Å². The smallest absolute Gasteiger partial charge is 0.387 e. The molecule has 140 valence electrons. The maximum Gasteiger partial charge on any atom is 0.387 e. The average molecular weight is 374 g/mol. The molecule has 8 heteroatoms. The standard InChI is InChI=1S/C19H16F2N2O4/c1-12-3-2-4-17(27-19(20)21)15(12)11-26-14-7-5-13(6-8-14)23-10-9-16(22-23)18(24)25/h2-10,19H,11H2,1H3,(H,24,25). The number of alkyl halides is 2. The average Bonchev–Trinajstić information content (AvgIpc) is 3.12. The Morgan fingerprint density at radius 3 is 2.56 bits per heavy atom. The summed E-state index contributed by atoms with van der Waals surface area (Å²) < 4.78 is 36.7. The van der Waals surface area contributed by atoms with Crippen LogP contribution in [0.15, 0.2) is 54.7 Å². The van der Waals surface area contributed by atoms with Crippen molar-refractivity contribution < 1.29 is 28.2 Å². The number of carboxylic acid groups (broad SMARTS) is 1. The van der Waals surface area contributed by atoms with Crippen molar-refractivity contribution in [1.82, 2.24) is 9.78 Å². The summed E-state index contributed by atoms with van der Waals surface area (Å²) in [6, 6.07) is 13.1. The molecule has 0 bridgehead atoms. The van der Waals surface area contributed by atoms with Crippen LogP contribution in [0, 0.1) is 6.92 Å². The summed E-state index contributed by atoms with van der Waals surface area (Å²) in [7, 11) is 0. The van der Waals surface area contributed by atoms with Crippen LogP contribution in [0.25, 0.3) is 5.69 Å². The number of hydrogen-bond donors (Lipinski definition) is 1. The highest BCUT2D eigenvalue weighted by molar-refractivity contribution is 5.85. The molecule has 2 aromatic carbocycles. The summed E-state index contributed by atoms with van der Waals surface area (Å²) in [5.74, 6) is -0.497. The molecule has 0 aliphatic carbocycles. The number of aryl methyl sites for hydroxylation is 1. The molecule has 0 amide bonds. The zero-order valence-electron chi connectivity index (χ0n) is 14.3. The van der Waals surface area contributed by atoms with Crippen molar-refractivity contribution in [1.29, 1.82) is 0 Å². The second kappa shape index (κ2) is 7.86. The minimum absolute atomic E-state index is 0.0542. The van der Waals surface area contributed by atoms with Crippen LogP contribution in [-0.2, 0) is 6.61 Å². The van der Waals surface area contributed by atoms with E-state index in [2.05, 4.69) is 9.84 Å². The highest BCUT2D eigenvalue weighted by Gasteiger charge is 2.12. The van der Waals surface area contributed by atoms with Crippen LogP contribution in [0.4, 0.5) is 8.78 Å². The van der Waals surface area contributed by atoms with Gasteiger partial charge < -0.3 is 14.6 Å². The van der Waals surface area contributed by atoms with E-state index in [1.807, 2.05) is 0 Å². The van der Waals surface area contributed by atoms with Crippen LogP contribution < -0.4 is 9.47 Å². The number of carbonyl (C=O) groups is 1. The quantitative estimate of drug-likeness (QED) is 0.675. The first-order valence-corrected chi connectivity index (χ1v) is 7.99. The van der Waals surface area contributed by atoms with Gasteiger partial charge in [0, 0.05) is 11.8 Å². The molecule has 0 aliphatic rings. The van der Waals surface area contributed by atoms with Crippen LogP contribution in [0.3, 0.4) is 0 Å². The van der Waals surface area contributed by atoms with Crippen molar-refractivity contribution in [3.05, 3.63) is 71.5 Å². The van der Waals surface area contributed by atoms with Gasteiger partial charge in [0.05, 0.1) is 5.69 Å². The zero-order valence-corrected chi connectivity index (χ0v) is 14.3. The number of nitrogens with zero attached hydrogens (tertiary/aromatic N) is 2. The van der Waals surface area contributed by atoms with Gasteiger partial charge in [-0.25, -0.2) is 9.48 Å². The lowest BCUT2D eigenvalue weighted by Crippen LogP contribution is -2.07. The van der Waals surface area contributed by atoms with E-state index >= 15 is 0 Å². The van der Waals surface area contributed by atoms with Gasteiger partial charge in [-0.1, -0.05) is 12.1 Å². The molecule has 27 heavy (non-hydrogen) atoms. The summed E-state index contributed by atoms with van der Waals surface area (Å²) in [5, 5.41) is 12.9. The van der Waals surface area contributed by atoms with E-state index in [1.54, 1.807) is 49.5 Å². The molecule has 0 saturated heterocycles. The van der Waals surface area contributed by atoms with E-state index in [0.29, 0.717) is 17.0 Å². The van der Waals surface area contributed by atoms with Gasteiger partial charge in [0.1, 0.15) is 18.1 Å². The van der Waals surface area contributed by atoms with Gasteiger partial charge in [-0.15, -0.1) is 0 Å². The van der Waals surface area contributed by atoms with Crippen molar-refractivity contribution >= 4 is 5.97 Å². The molecule has 1 heterocycles. The third kappa shape index (κ3) is 4.41. The predicted octanol–water partition coefficient (Wildman–Crippen LogP) is 4.06. The summed E-state index contributed by atoms with van der Waals surface area (Å²) in [5.41, 5.74) is 1.93. The van der Waals surface area contributed by atoms with Crippen LogP contribution in [0.2, 0.25) is 0 Å². The number of hydrogen-bond acceptors (Lipinski definition) is 4. The first-order chi connectivity index (χ1) is 12.9. The van der Waals surface area contributed by atoms with Crippen molar-refractivity contribution in [3.8, 4) is 17.2 Å². The second-order valence-corrected chi connectivity index (χ2v) is 5.66. The molecule has 0 saturated carbocycles. The molecule has 3 rings (SSSR count). The van der Waals surface area contributed by atoms with Gasteiger partial charge in [-0.3, -0.25) is 0 Å². The molecule has 0 atom stereocenters. The summed E-state index contributed by atoms with van der Waals surface area (Å²) in [4.78, 5) is 10.9. The van der Waals surface area contributed by atoms with E-state index in [0.717, 1.165) is 5.56 Å². The number of carboxylic acids is 1. The zero-order chi connectivity index (χ0) is 19.4. The maximum atomic E-state index is 12.5. The Morgan fingerprint density at radius 2 is 1.93 bits per heavy atom. The molecule has 1 N–H and O–H groups in total. The number of aromatic nitrogens is 2. The SMILES string of the molecule is Cc1cccc(OC(F)F)c1COc1ccc(-n2ccc(C(=O)O)n2)cc1. The monoisotopic (exact) mass is 374 g/mol. The molecule has 3 aromatic rings. The van der Waals surface area contributed by atoms with Crippen LogP contribution in [0.1, 0.15) is 21.6 Å². The lowest BCUT2D eigenvalue weighted by Gasteiger charge is -2.14. The molecule has 0 unspecified atom stereocenters. The van der Waals surface area contributed by atoms with Gasteiger partial charge in [0.25, 0.3) is 0 Å². The topological polar surface area (TPSA) is 73.6 Å². The number of rotatable bonds is 7. The van der Waals surface area contributed by atoms with Crippen molar-refractivity contribution in [2.24, 2.45) is 0 Å². The van der Waals surface area contributed by atoms with Gasteiger partial charge in [-0.05, 0) is 48.9 Å². The molecule has 1 aromatic heterocycles. The summed E-state index contributed by atoms with van der Waals surface area (Å²) >= 11 is 0. The lowest BCUT2D eigenvalue weighted by atomic mass is 10.1. The number of ether oxygens (including phenoxy) is 2. The third-order valence-electron chi connectivity index (χ3n) is 3.88. The maximum absolute atomic E-state index is 12.5. The van der Waals surface area contributed by atoms with E-state index in [9.17, 15) is 13.6 Å². The Morgan fingerprint density at radius 1 is 1.19 bits per heavy atom. The highest BCUT2D eigenvalue weighted by Crippen LogP contribution is 2.26. The van der Waals surface area contributed by atoms with Crippen LogP contribution in [-0.4, -0.2) is 27.5 Å². The van der Waals surface area contributed by atoms with Gasteiger partial charge in [0.15, 0.2) is 5.69 Å². The number of halogens is 2. The van der Waals surface area contributed by atoms with Crippen molar-refractivity contribution in [3.63, 3.8) is 0 Å². The highest BCUT2D eigenvalue weighted by atomic mass is 19.3. The third-order valence-corrected chi connectivity index (χ3v) is 3.88. The predicted molar refractivity (Wildman–Crippen MR) is 92.7 cm³/mol. The Balaban J connectivity index is 1.71. The minimum atomic E-state index is -2.91. The molecular formula is C19H16F2N2O4. The minimum Gasteiger partial charge on any atom is -0.489 e. The fourth-order valence-corrected chi connectivity index (χ4v) is 2.50. The van der Waals surface area contributed by atoms with Crippen molar-refractivity contribution in [2.45, 2.75) is 20.1 Å². The first kappa shape index (κ1) is 18.4. The fraction of sp³-hybridized carbons (Fsp3) is 0.158. The van der Waals surface area contributed by atoms with E-state index < -0.39 is 12.6 Å². The lowest BCUT2D eigenvalue weighted by molar-refractivity contribution is -0.0508. The Kier molecular flexibility index (Phi) is 5.35. The van der Waals surface area contributed by atoms with E-state index in [4.69, 9.17) is 9.84 Å². The Labute approximate surface area is 153 Å². The number of aromatic carboxylic acids is 1. The fourth-order valence-electron chi connectivity index (χ4n) is 2.50. The van der Waals surface area contributed by atoms with Gasteiger partial charge >= 0.3 is 12.6 Å². The van der Waals surface area contributed by atoms with Crippen molar-refractivity contribution in [2.75, 3.05) is 0 Å². The molecule has 6 nitrogen and oxygen atoms in total. The normalized spacial score (nSPS) is 10.8. The molecule has 0 fully saturated rings. The van der Waals surface area contributed by atoms with Gasteiger partial charge in [0.2, 0.25) is 0 Å². The van der Waals surface area contributed by atoms with E-state index in [1.165, 1.54) is 16.8 Å².